The molecule has 0 aliphatic carbocycles. The van der Waals surface area contributed by atoms with Gasteiger partial charge in [-0.05, 0) is 24.3 Å². The van der Waals surface area contributed by atoms with Crippen LogP contribution in [0.5, 0.6) is 0 Å². The topological polar surface area (TPSA) is 74.0 Å². The van der Waals surface area contributed by atoms with Crippen molar-refractivity contribution in [3.05, 3.63) is 78.5 Å². The number of aromatic nitrogens is 1. The van der Waals surface area contributed by atoms with E-state index in [2.05, 4.69) is 22.2 Å². The van der Waals surface area contributed by atoms with E-state index in [1.807, 2.05) is 24.3 Å². The molecule has 0 atom stereocenters. The van der Waals surface area contributed by atoms with Crippen LogP contribution in [0.3, 0.4) is 0 Å². The van der Waals surface area contributed by atoms with Gasteiger partial charge in [-0.1, -0.05) is 36.4 Å². The summed E-state index contributed by atoms with van der Waals surface area (Å²) >= 11 is 0. The molecule has 120 valence electrons. The van der Waals surface area contributed by atoms with E-state index < -0.39 is 0 Å². The van der Waals surface area contributed by atoms with Crippen molar-refractivity contribution in [2.24, 2.45) is 0 Å². The summed E-state index contributed by atoms with van der Waals surface area (Å²) < 4.78 is 0. The van der Waals surface area contributed by atoms with Crippen LogP contribution < -0.4 is 10.6 Å². The second-order valence-electron chi connectivity index (χ2n) is 5.27. The van der Waals surface area contributed by atoms with Crippen LogP contribution in [0.25, 0.3) is 10.9 Å². The Kier molecular flexibility index (Phi) is 4.43. The summed E-state index contributed by atoms with van der Waals surface area (Å²) in [6.07, 6.45) is 1.60. The molecule has 0 bridgehead atoms. The second-order valence-corrected chi connectivity index (χ2v) is 5.27. The molecule has 5 heteroatoms. The highest BCUT2D eigenvalue weighted by Gasteiger charge is 2.14. The normalized spacial score (nSPS) is 10.3. The SMILES string of the molecule is C=CCNC(=O)c1ccccc1NC(=O)c1cc2ccccc2[nH]1. The van der Waals surface area contributed by atoms with Crippen molar-refractivity contribution in [1.82, 2.24) is 10.3 Å². The molecular formula is C19H17N3O2. The van der Waals surface area contributed by atoms with Gasteiger partial charge in [-0.25, -0.2) is 0 Å². The minimum absolute atomic E-state index is 0.262. The van der Waals surface area contributed by atoms with Gasteiger partial charge in [-0.3, -0.25) is 9.59 Å². The second kappa shape index (κ2) is 6.83. The van der Waals surface area contributed by atoms with Crippen LogP contribution in [0.4, 0.5) is 5.69 Å². The first-order valence-corrected chi connectivity index (χ1v) is 7.56. The first kappa shape index (κ1) is 15.6. The van der Waals surface area contributed by atoms with E-state index in [1.54, 1.807) is 36.4 Å². The van der Waals surface area contributed by atoms with Crippen LogP contribution in [-0.4, -0.2) is 23.3 Å². The zero-order chi connectivity index (χ0) is 16.9. The zero-order valence-corrected chi connectivity index (χ0v) is 13.0. The molecule has 24 heavy (non-hydrogen) atoms. The fraction of sp³-hybridized carbons (Fsp3) is 0.0526. The lowest BCUT2D eigenvalue weighted by atomic mass is 10.1. The van der Waals surface area contributed by atoms with Crippen molar-refractivity contribution >= 4 is 28.4 Å². The Morgan fingerprint density at radius 2 is 1.79 bits per heavy atom. The number of anilines is 1. The first-order valence-electron chi connectivity index (χ1n) is 7.56. The lowest BCUT2D eigenvalue weighted by Gasteiger charge is -2.10. The molecule has 3 aromatic rings. The number of nitrogens with one attached hydrogen (secondary N) is 3. The summed E-state index contributed by atoms with van der Waals surface area (Å²) in [4.78, 5) is 27.7. The van der Waals surface area contributed by atoms with E-state index in [4.69, 9.17) is 0 Å². The maximum Gasteiger partial charge on any atom is 0.272 e. The van der Waals surface area contributed by atoms with Crippen molar-refractivity contribution in [2.45, 2.75) is 0 Å². The Hall–Kier alpha value is -3.34. The largest absolute Gasteiger partial charge is 0.351 e. The molecule has 1 heterocycles. The molecule has 0 radical (unpaired) electrons. The highest BCUT2D eigenvalue weighted by molar-refractivity contribution is 6.09. The summed E-state index contributed by atoms with van der Waals surface area (Å²) in [5.41, 5.74) is 2.20. The van der Waals surface area contributed by atoms with E-state index in [0.29, 0.717) is 23.5 Å². The number of hydrogen-bond donors (Lipinski definition) is 3. The summed E-state index contributed by atoms with van der Waals surface area (Å²) in [5, 5.41) is 6.45. The average Bonchev–Trinajstić information content (AvgIpc) is 3.04. The molecule has 0 fully saturated rings. The summed E-state index contributed by atoms with van der Waals surface area (Å²) in [6.45, 7) is 3.93. The molecule has 0 aliphatic heterocycles. The molecule has 0 saturated carbocycles. The first-order chi connectivity index (χ1) is 11.7. The summed E-state index contributed by atoms with van der Waals surface area (Å²) in [5.74, 6) is -0.558. The predicted molar refractivity (Wildman–Crippen MR) is 95.2 cm³/mol. The third kappa shape index (κ3) is 3.20. The molecule has 0 aliphatic rings. The fourth-order valence-electron chi connectivity index (χ4n) is 2.44. The highest BCUT2D eigenvalue weighted by atomic mass is 16.2. The van der Waals surface area contributed by atoms with Crippen LogP contribution in [0.15, 0.2) is 67.3 Å². The minimum Gasteiger partial charge on any atom is -0.351 e. The Morgan fingerprint density at radius 1 is 1.04 bits per heavy atom. The van der Waals surface area contributed by atoms with Crippen LogP contribution >= 0.6 is 0 Å². The Labute approximate surface area is 139 Å². The number of amides is 2. The minimum atomic E-state index is -0.296. The zero-order valence-electron chi connectivity index (χ0n) is 13.0. The van der Waals surface area contributed by atoms with Gasteiger partial charge in [0, 0.05) is 17.4 Å². The molecule has 2 aromatic carbocycles. The Morgan fingerprint density at radius 3 is 2.58 bits per heavy atom. The number of benzene rings is 2. The number of para-hydroxylation sites is 2. The maximum absolute atomic E-state index is 12.5. The van der Waals surface area contributed by atoms with Gasteiger partial charge >= 0.3 is 0 Å². The smallest absolute Gasteiger partial charge is 0.272 e. The molecular weight excluding hydrogens is 302 g/mol. The van der Waals surface area contributed by atoms with E-state index in [0.717, 1.165) is 10.9 Å². The van der Waals surface area contributed by atoms with Crippen LogP contribution in [-0.2, 0) is 0 Å². The molecule has 0 unspecified atom stereocenters. The summed E-state index contributed by atoms with van der Waals surface area (Å²) in [6, 6.07) is 16.3. The number of hydrogen-bond acceptors (Lipinski definition) is 2. The predicted octanol–water partition coefficient (Wildman–Crippen LogP) is 3.34. The quantitative estimate of drug-likeness (QED) is 0.631. The Bertz CT molecular complexity index is 879. The summed E-state index contributed by atoms with van der Waals surface area (Å²) in [7, 11) is 0. The van der Waals surface area contributed by atoms with Crippen LogP contribution in [0.1, 0.15) is 20.8 Å². The molecule has 3 N–H and O–H groups in total. The van der Waals surface area contributed by atoms with Gasteiger partial charge in [0.05, 0.1) is 11.3 Å². The number of carbonyl (C=O) groups excluding carboxylic acids is 2. The number of H-pyrrole nitrogens is 1. The van der Waals surface area contributed by atoms with Gasteiger partial charge in [0.15, 0.2) is 0 Å². The molecule has 2 amide bonds. The molecule has 0 spiro atoms. The van der Waals surface area contributed by atoms with Crippen molar-refractivity contribution < 1.29 is 9.59 Å². The van der Waals surface area contributed by atoms with Gasteiger partial charge < -0.3 is 15.6 Å². The number of aromatic amines is 1. The number of carbonyl (C=O) groups is 2. The fourth-order valence-corrected chi connectivity index (χ4v) is 2.44. The van der Waals surface area contributed by atoms with Gasteiger partial charge in [0.1, 0.15) is 5.69 Å². The van der Waals surface area contributed by atoms with Crippen molar-refractivity contribution in [1.29, 1.82) is 0 Å². The van der Waals surface area contributed by atoms with Crippen molar-refractivity contribution in [3.8, 4) is 0 Å². The van der Waals surface area contributed by atoms with Gasteiger partial charge in [0.2, 0.25) is 0 Å². The molecule has 1 aromatic heterocycles. The third-order valence-electron chi connectivity index (χ3n) is 3.60. The van der Waals surface area contributed by atoms with E-state index in [9.17, 15) is 9.59 Å². The number of fused-ring (bicyclic) bond motifs is 1. The highest BCUT2D eigenvalue weighted by Crippen LogP contribution is 2.18. The number of rotatable bonds is 5. The molecule has 3 rings (SSSR count). The van der Waals surface area contributed by atoms with E-state index >= 15 is 0 Å². The lowest BCUT2D eigenvalue weighted by molar-refractivity contribution is 0.0959. The Balaban J connectivity index is 1.84. The van der Waals surface area contributed by atoms with Gasteiger partial charge in [-0.15, -0.1) is 6.58 Å². The van der Waals surface area contributed by atoms with Gasteiger partial charge in [-0.2, -0.15) is 0 Å². The van der Waals surface area contributed by atoms with Crippen molar-refractivity contribution in [3.63, 3.8) is 0 Å². The monoisotopic (exact) mass is 319 g/mol. The van der Waals surface area contributed by atoms with E-state index in [1.165, 1.54) is 0 Å². The molecule has 0 saturated heterocycles. The van der Waals surface area contributed by atoms with E-state index in [-0.39, 0.29) is 11.8 Å². The van der Waals surface area contributed by atoms with Gasteiger partial charge in [0.25, 0.3) is 11.8 Å². The van der Waals surface area contributed by atoms with Crippen LogP contribution in [0.2, 0.25) is 0 Å². The van der Waals surface area contributed by atoms with Crippen LogP contribution in [0, 0.1) is 0 Å². The standard InChI is InChI=1S/C19H17N3O2/c1-2-11-20-18(23)14-8-4-6-10-16(14)22-19(24)17-12-13-7-3-5-9-15(13)21-17/h2-10,12,21H,1,11H2,(H,20,23)(H,22,24). The molecule has 5 nitrogen and oxygen atoms in total. The third-order valence-corrected chi connectivity index (χ3v) is 3.60. The lowest BCUT2D eigenvalue weighted by Crippen LogP contribution is -2.25. The maximum atomic E-state index is 12.5. The van der Waals surface area contributed by atoms with Crippen molar-refractivity contribution in [2.75, 3.05) is 11.9 Å². The average molecular weight is 319 g/mol.